The Morgan fingerprint density at radius 2 is 2.18 bits per heavy atom. The maximum atomic E-state index is 11.4. The first kappa shape index (κ1) is 12.2. The van der Waals surface area contributed by atoms with E-state index in [1.54, 1.807) is 18.2 Å². The molecule has 1 fully saturated rings. The molecule has 1 saturated heterocycles. The Bertz CT molecular complexity index is 474. The number of hydrogen-bond acceptors (Lipinski definition) is 3. The summed E-state index contributed by atoms with van der Waals surface area (Å²) in [6.45, 7) is 0.704. The van der Waals surface area contributed by atoms with Gasteiger partial charge in [0, 0.05) is 11.6 Å². The van der Waals surface area contributed by atoms with Crippen LogP contribution in [0.4, 0.5) is 5.69 Å². The van der Waals surface area contributed by atoms with Gasteiger partial charge in [0.2, 0.25) is 0 Å². The monoisotopic (exact) mass is 271 g/mol. The van der Waals surface area contributed by atoms with Crippen LogP contribution in [0, 0.1) is 0 Å². The molecule has 6 heteroatoms. The minimum atomic E-state index is -0.137. The maximum Gasteiger partial charge on any atom is 0.267 e. The van der Waals surface area contributed by atoms with Crippen LogP contribution in [0.25, 0.3) is 0 Å². The highest BCUT2D eigenvalue weighted by atomic mass is 35.5. The van der Waals surface area contributed by atoms with Crippen molar-refractivity contribution < 1.29 is 4.79 Å². The van der Waals surface area contributed by atoms with Gasteiger partial charge in [0.1, 0.15) is 5.71 Å². The van der Waals surface area contributed by atoms with Crippen molar-refractivity contribution in [1.29, 1.82) is 0 Å². The van der Waals surface area contributed by atoms with Crippen LogP contribution in [0.15, 0.2) is 23.3 Å². The number of amides is 1. The van der Waals surface area contributed by atoms with Gasteiger partial charge in [-0.2, -0.15) is 5.10 Å². The predicted molar refractivity (Wildman–Crippen MR) is 69.8 cm³/mol. The number of nitrogens with zero attached hydrogens (tertiary/aromatic N) is 1. The van der Waals surface area contributed by atoms with Crippen molar-refractivity contribution in [3.63, 3.8) is 0 Å². The van der Waals surface area contributed by atoms with Crippen LogP contribution in [0.5, 0.6) is 0 Å². The van der Waals surface area contributed by atoms with Gasteiger partial charge in [0.05, 0.1) is 10.7 Å². The van der Waals surface area contributed by atoms with E-state index in [2.05, 4.69) is 15.8 Å². The molecule has 1 aliphatic rings. The molecule has 0 unspecified atom stereocenters. The summed E-state index contributed by atoms with van der Waals surface area (Å²) in [5.41, 5.74) is 3.83. The molecule has 0 bridgehead atoms. The van der Waals surface area contributed by atoms with Crippen LogP contribution in [0.3, 0.4) is 0 Å². The lowest BCUT2D eigenvalue weighted by atomic mass is 10.1. The van der Waals surface area contributed by atoms with Crippen LogP contribution >= 0.6 is 23.2 Å². The molecule has 0 atom stereocenters. The molecule has 1 amide bonds. The Morgan fingerprint density at radius 3 is 2.94 bits per heavy atom. The third-order valence-corrected chi connectivity index (χ3v) is 2.94. The molecular weight excluding hydrogens is 261 g/mol. The van der Waals surface area contributed by atoms with Gasteiger partial charge >= 0.3 is 0 Å². The number of hydrazone groups is 1. The van der Waals surface area contributed by atoms with Crippen LogP contribution in [0.2, 0.25) is 10.0 Å². The lowest BCUT2D eigenvalue weighted by Crippen LogP contribution is -2.37. The summed E-state index contributed by atoms with van der Waals surface area (Å²) in [6, 6.07) is 5.03. The van der Waals surface area contributed by atoms with Crippen molar-refractivity contribution in [2.45, 2.75) is 12.8 Å². The molecule has 90 valence electrons. The summed E-state index contributed by atoms with van der Waals surface area (Å²) in [7, 11) is 0. The average Bonchev–Trinajstić information content (AvgIpc) is 2.32. The van der Waals surface area contributed by atoms with Gasteiger partial charge in [-0.1, -0.05) is 23.2 Å². The minimum absolute atomic E-state index is 0.137. The smallest absolute Gasteiger partial charge is 0.267 e. The molecule has 1 aliphatic heterocycles. The van der Waals surface area contributed by atoms with Crippen LogP contribution in [-0.4, -0.2) is 18.2 Å². The maximum absolute atomic E-state index is 11.4. The van der Waals surface area contributed by atoms with Crippen molar-refractivity contribution in [2.75, 3.05) is 12.0 Å². The number of anilines is 1. The summed E-state index contributed by atoms with van der Waals surface area (Å²) in [5, 5.41) is 7.84. The van der Waals surface area contributed by atoms with E-state index in [0.29, 0.717) is 34.4 Å². The van der Waals surface area contributed by atoms with Gasteiger partial charge < -0.3 is 5.32 Å². The predicted octanol–water partition coefficient (Wildman–Crippen LogP) is 2.67. The van der Waals surface area contributed by atoms with Crippen LogP contribution in [0.1, 0.15) is 12.8 Å². The van der Waals surface area contributed by atoms with Crippen molar-refractivity contribution in [2.24, 2.45) is 5.10 Å². The number of benzene rings is 1. The lowest BCUT2D eigenvalue weighted by molar-refractivity contribution is -0.115. The first-order valence-electron chi connectivity index (χ1n) is 5.22. The highest BCUT2D eigenvalue weighted by Crippen LogP contribution is 2.25. The topological polar surface area (TPSA) is 53.5 Å². The zero-order chi connectivity index (χ0) is 12.3. The number of carbonyl (C=O) groups is 1. The Balaban J connectivity index is 2.13. The van der Waals surface area contributed by atoms with E-state index in [-0.39, 0.29) is 5.91 Å². The van der Waals surface area contributed by atoms with Gasteiger partial charge in [0.15, 0.2) is 0 Å². The van der Waals surface area contributed by atoms with Gasteiger partial charge in [-0.15, -0.1) is 0 Å². The van der Waals surface area contributed by atoms with Crippen LogP contribution < -0.4 is 10.7 Å². The number of rotatable bonds is 2. The Morgan fingerprint density at radius 1 is 1.35 bits per heavy atom. The van der Waals surface area contributed by atoms with E-state index in [0.717, 1.165) is 6.42 Å². The molecule has 4 nitrogen and oxygen atoms in total. The van der Waals surface area contributed by atoms with Gasteiger partial charge in [-0.25, -0.2) is 0 Å². The Labute approximate surface area is 109 Å². The molecule has 2 rings (SSSR count). The van der Waals surface area contributed by atoms with Crippen molar-refractivity contribution in [3.05, 3.63) is 28.2 Å². The molecule has 1 aromatic carbocycles. The fourth-order valence-electron chi connectivity index (χ4n) is 1.49. The minimum Gasteiger partial charge on any atom is -0.351 e. The molecule has 0 radical (unpaired) electrons. The average molecular weight is 272 g/mol. The van der Waals surface area contributed by atoms with Crippen molar-refractivity contribution >= 4 is 40.5 Å². The molecule has 0 spiro atoms. The number of carbonyl (C=O) groups excluding carboxylic acids is 1. The second kappa shape index (κ2) is 5.38. The largest absolute Gasteiger partial charge is 0.351 e. The quantitative estimate of drug-likeness (QED) is 0.813. The zero-order valence-electron chi connectivity index (χ0n) is 8.96. The van der Waals surface area contributed by atoms with Crippen molar-refractivity contribution in [3.8, 4) is 0 Å². The fourth-order valence-corrected chi connectivity index (χ4v) is 1.82. The SMILES string of the molecule is O=C1NCCC/C1=N/Nc1cc(Cl)ccc1Cl. The highest BCUT2D eigenvalue weighted by molar-refractivity contribution is 6.39. The third kappa shape index (κ3) is 3.11. The molecule has 0 saturated carbocycles. The molecule has 2 N–H and O–H groups in total. The normalized spacial score (nSPS) is 18.0. The summed E-state index contributed by atoms with van der Waals surface area (Å²) in [6.07, 6.45) is 1.56. The molecule has 0 aliphatic carbocycles. The Kier molecular flexibility index (Phi) is 3.86. The molecule has 17 heavy (non-hydrogen) atoms. The molecule has 0 aromatic heterocycles. The van der Waals surface area contributed by atoms with Crippen molar-refractivity contribution in [1.82, 2.24) is 5.32 Å². The molecule has 1 heterocycles. The van der Waals surface area contributed by atoms with Crippen LogP contribution in [-0.2, 0) is 4.79 Å². The first-order chi connectivity index (χ1) is 8.16. The Hall–Kier alpha value is -1.26. The zero-order valence-corrected chi connectivity index (χ0v) is 10.5. The van der Waals surface area contributed by atoms with E-state index >= 15 is 0 Å². The second-order valence-corrected chi connectivity index (χ2v) is 4.50. The number of halogens is 2. The fraction of sp³-hybridized carbons (Fsp3) is 0.273. The number of nitrogens with one attached hydrogen (secondary N) is 2. The molecular formula is C11H11Cl2N3O. The molecule has 1 aromatic rings. The van der Waals surface area contributed by atoms with Gasteiger partial charge in [0.25, 0.3) is 5.91 Å². The highest BCUT2D eigenvalue weighted by Gasteiger charge is 2.15. The summed E-state index contributed by atoms with van der Waals surface area (Å²) in [5.74, 6) is -0.137. The lowest BCUT2D eigenvalue weighted by Gasteiger charge is -2.13. The first-order valence-corrected chi connectivity index (χ1v) is 5.98. The van der Waals surface area contributed by atoms with E-state index in [4.69, 9.17) is 23.2 Å². The van der Waals surface area contributed by atoms with E-state index < -0.39 is 0 Å². The van der Waals surface area contributed by atoms with E-state index in [1.165, 1.54) is 0 Å². The van der Waals surface area contributed by atoms with E-state index in [1.807, 2.05) is 0 Å². The second-order valence-electron chi connectivity index (χ2n) is 3.65. The number of piperidine rings is 1. The standard InChI is InChI=1S/C11H11Cl2N3O/c12-7-3-4-8(13)10(6-7)16-15-9-2-1-5-14-11(9)17/h3-4,6,16H,1-2,5H2,(H,14,17)/b15-9-. The summed E-state index contributed by atoms with van der Waals surface area (Å²) >= 11 is 11.8. The van der Waals surface area contributed by atoms with E-state index in [9.17, 15) is 4.79 Å². The third-order valence-electron chi connectivity index (χ3n) is 2.38. The summed E-state index contributed by atoms with van der Waals surface area (Å²) in [4.78, 5) is 11.4. The van der Waals surface area contributed by atoms with Gasteiger partial charge in [-0.3, -0.25) is 10.2 Å². The summed E-state index contributed by atoms with van der Waals surface area (Å²) < 4.78 is 0. The van der Waals surface area contributed by atoms with Gasteiger partial charge in [-0.05, 0) is 31.0 Å². The number of hydrogen-bond donors (Lipinski definition) is 2.